The summed E-state index contributed by atoms with van der Waals surface area (Å²) in [6, 6.07) is 19.7. The third-order valence-electron chi connectivity index (χ3n) is 3.88. The lowest BCUT2D eigenvalue weighted by atomic mass is 10.1. The van der Waals surface area contributed by atoms with E-state index in [0.29, 0.717) is 28.8 Å². The van der Waals surface area contributed by atoms with E-state index in [0.717, 1.165) is 5.56 Å². The van der Waals surface area contributed by atoms with Crippen molar-refractivity contribution in [2.45, 2.75) is 6.61 Å². The molecule has 0 atom stereocenters. The second-order valence-electron chi connectivity index (χ2n) is 5.52. The predicted octanol–water partition coefficient (Wildman–Crippen LogP) is 4.70. The highest BCUT2D eigenvalue weighted by Gasteiger charge is 2.10. The number of nitrogens with two attached hydrogens (primary N) is 1. The standard InChI is InChI=1S/C19H14ClN3O2/c20-16-10-13(18-22-23-19(21)25-18)8-9-17(16)24-11-14-6-3-5-12-4-1-2-7-15(12)14/h1-10H,11H2,(H2,21,23). The lowest BCUT2D eigenvalue weighted by molar-refractivity contribution is 0.308. The van der Waals surface area contributed by atoms with Crippen LogP contribution in [-0.4, -0.2) is 10.2 Å². The molecular weight excluding hydrogens is 338 g/mol. The first-order chi connectivity index (χ1) is 12.2. The average molecular weight is 352 g/mol. The lowest BCUT2D eigenvalue weighted by Crippen LogP contribution is -1.97. The summed E-state index contributed by atoms with van der Waals surface area (Å²) in [5.74, 6) is 0.908. The SMILES string of the molecule is Nc1nnc(-c2ccc(OCc3cccc4ccccc34)c(Cl)c2)o1. The number of anilines is 1. The number of fused-ring (bicyclic) bond motifs is 1. The van der Waals surface area contributed by atoms with E-state index >= 15 is 0 Å². The Morgan fingerprint density at radius 2 is 1.84 bits per heavy atom. The van der Waals surface area contributed by atoms with Crippen molar-refractivity contribution in [2.24, 2.45) is 0 Å². The molecule has 0 radical (unpaired) electrons. The minimum Gasteiger partial charge on any atom is -0.487 e. The second-order valence-corrected chi connectivity index (χ2v) is 5.92. The van der Waals surface area contributed by atoms with Crippen LogP contribution in [0.15, 0.2) is 65.1 Å². The Morgan fingerprint density at radius 3 is 2.64 bits per heavy atom. The highest BCUT2D eigenvalue weighted by molar-refractivity contribution is 6.32. The normalized spacial score (nSPS) is 10.9. The van der Waals surface area contributed by atoms with E-state index in [1.165, 1.54) is 10.8 Å². The molecule has 5 nitrogen and oxygen atoms in total. The van der Waals surface area contributed by atoms with Gasteiger partial charge in [0.05, 0.1) is 5.02 Å². The molecule has 1 aromatic heterocycles. The third-order valence-corrected chi connectivity index (χ3v) is 4.18. The summed E-state index contributed by atoms with van der Waals surface area (Å²) in [6.07, 6.45) is 0. The summed E-state index contributed by atoms with van der Waals surface area (Å²) in [5.41, 5.74) is 7.23. The molecule has 6 heteroatoms. The maximum Gasteiger partial charge on any atom is 0.313 e. The smallest absolute Gasteiger partial charge is 0.313 e. The minimum absolute atomic E-state index is 0.0161. The van der Waals surface area contributed by atoms with Crippen molar-refractivity contribution in [1.29, 1.82) is 0 Å². The van der Waals surface area contributed by atoms with E-state index in [1.807, 2.05) is 24.3 Å². The molecule has 4 rings (SSSR count). The molecule has 0 saturated carbocycles. The van der Waals surface area contributed by atoms with E-state index in [9.17, 15) is 0 Å². The Bertz CT molecular complexity index is 1040. The van der Waals surface area contributed by atoms with E-state index in [1.54, 1.807) is 18.2 Å². The fraction of sp³-hybridized carbons (Fsp3) is 0.0526. The maximum atomic E-state index is 6.32. The van der Waals surface area contributed by atoms with Crippen LogP contribution >= 0.6 is 11.6 Å². The number of hydrogen-bond acceptors (Lipinski definition) is 5. The molecule has 0 aliphatic carbocycles. The number of nitrogens with zero attached hydrogens (tertiary/aromatic N) is 2. The first kappa shape index (κ1) is 15.5. The van der Waals surface area contributed by atoms with Crippen LogP contribution < -0.4 is 10.5 Å². The number of aromatic nitrogens is 2. The molecule has 0 bridgehead atoms. The Kier molecular flexibility index (Phi) is 3.99. The topological polar surface area (TPSA) is 74.2 Å². The number of rotatable bonds is 4. The fourth-order valence-corrected chi connectivity index (χ4v) is 2.91. The maximum absolute atomic E-state index is 6.32. The molecule has 0 amide bonds. The molecule has 1 heterocycles. The van der Waals surface area contributed by atoms with Crippen LogP contribution in [-0.2, 0) is 6.61 Å². The van der Waals surface area contributed by atoms with Gasteiger partial charge in [-0.3, -0.25) is 0 Å². The minimum atomic E-state index is 0.0161. The first-order valence-electron chi connectivity index (χ1n) is 7.69. The van der Waals surface area contributed by atoms with Crippen LogP contribution in [0.2, 0.25) is 5.02 Å². The van der Waals surface area contributed by atoms with Crippen LogP contribution in [0.3, 0.4) is 0 Å². The number of halogens is 1. The van der Waals surface area contributed by atoms with Crippen molar-refractivity contribution in [3.05, 3.63) is 71.2 Å². The van der Waals surface area contributed by atoms with Crippen LogP contribution in [0.5, 0.6) is 5.75 Å². The van der Waals surface area contributed by atoms with E-state index in [4.69, 9.17) is 26.5 Å². The van der Waals surface area contributed by atoms with E-state index in [2.05, 4.69) is 28.4 Å². The van der Waals surface area contributed by atoms with Crippen molar-refractivity contribution in [1.82, 2.24) is 10.2 Å². The van der Waals surface area contributed by atoms with Gasteiger partial charge in [0.1, 0.15) is 12.4 Å². The van der Waals surface area contributed by atoms with Gasteiger partial charge in [0.2, 0.25) is 5.89 Å². The molecule has 0 saturated heterocycles. The zero-order valence-corrected chi connectivity index (χ0v) is 13.9. The van der Waals surface area contributed by atoms with Gasteiger partial charge in [-0.05, 0) is 34.5 Å². The second kappa shape index (κ2) is 6.45. The molecular formula is C19H14ClN3O2. The molecule has 0 aliphatic heterocycles. The third kappa shape index (κ3) is 3.14. The average Bonchev–Trinajstić information content (AvgIpc) is 3.07. The summed E-state index contributed by atoms with van der Waals surface area (Å²) in [7, 11) is 0. The van der Waals surface area contributed by atoms with Crippen LogP contribution in [0.4, 0.5) is 6.01 Å². The quantitative estimate of drug-likeness (QED) is 0.576. The van der Waals surface area contributed by atoms with Crippen LogP contribution in [0.1, 0.15) is 5.56 Å². The van der Waals surface area contributed by atoms with Crippen molar-refractivity contribution in [3.63, 3.8) is 0 Å². The monoisotopic (exact) mass is 351 g/mol. The Labute approximate surface area is 149 Å². The summed E-state index contributed by atoms with van der Waals surface area (Å²) >= 11 is 6.32. The van der Waals surface area contributed by atoms with Crippen LogP contribution in [0.25, 0.3) is 22.2 Å². The number of benzene rings is 3. The largest absolute Gasteiger partial charge is 0.487 e. The Balaban J connectivity index is 1.57. The highest BCUT2D eigenvalue weighted by atomic mass is 35.5. The summed E-state index contributed by atoms with van der Waals surface area (Å²) in [5, 5.41) is 10.3. The van der Waals surface area contributed by atoms with Gasteiger partial charge in [0, 0.05) is 5.56 Å². The Hall–Kier alpha value is -3.05. The molecule has 0 fully saturated rings. The van der Waals surface area contributed by atoms with Crippen molar-refractivity contribution in [3.8, 4) is 17.2 Å². The van der Waals surface area contributed by atoms with Crippen molar-refractivity contribution in [2.75, 3.05) is 5.73 Å². The number of nitrogen functional groups attached to an aromatic ring is 1. The molecule has 124 valence electrons. The molecule has 0 aliphatic rings. The molecule has 25 heavy (non-hydrogen) atoms. The number of ether oxygens (including phenoxy) is 1. The summed E-state index contributed by atoms with van der Waals surface area (Å²) in [6.45, 7) is 0.425. The van der Waals surface area contributed by atoms with Gasteiger partial charge in [-0.2, -0.15) is 0 Å². The molecule has 2 N–H and O–H groups in total. The van der Waals surface area contributed by atoms with Gasteiger partial charge in [-0.1, -0.05) is 59.2 Å². The highest BCUT2D eigenvalue weighted by Crippen LogP contribution is 2.31. The molecule has 4 aromatic rings. The first-order valence-corrected chi connectivity index (χ1v) is 8.07. The van der Waals surface area contributed by atoms with Crippen LogP contribution in [0, 0.1) is 0 Å². The Morgan fingerprint density at radius 1 is 1.00 bits per heavy atom. The van der Waals surface area contributed by atoms with Crippen molar-refractivity contribution >= 4 is 28.4 Å². The van der Waals surface area contributed by atoms with Gasteiger partial charge in [-0.25, -0.2) is 0 Å². The number of hydrogen-bond donors (Lipinski definition) is 1. The van der Waals surface area contributed by atoms with Gasteiger partial charge in [-0.15, -0.1) is 5.10 Å². The zero-order chi connectivity index (χ0) is 17.2. The molecule has 0 spiro atoms. The molecule has 0 unspecified atom stereocenters. The predicted molar refractivity (Wildman–Crippen MR) is 97.4 cm³/mol. The lowest BCUT2D eigenvalue weighted by Gasteiger charge is -2.11. The van der Waals surface area contributed by atoms with E-state index < -0.39 is 0 Å². The zero-order valence-electron chi connectivity index (χ0n) is 13.1. The fourth-order valence-electron chi connectivity index (χ4n) is 2.68. The van der Waals surface area contributed by atoms with E-state index in [-0.39, 0.29) is 6.01 Å². The van der Waals surface area contributed by atoms with Gasteiger partial charge in [0.15, 0.2) is 0 Å². The van der Waals surface area contributed by atoms with Gasteiger partial charge >= 0.3 is 6.01 Å². The van der Waals surface area contributed by atoms with Gasteiger partial charge < -0.3 is 14.9 Å². The summed E-state index contributed by atoms with van der Waals surface area (Å²) < 4.78 is 11.1. The summed E-state index contributed by atoms with van der Waals surface area (Å²) in [4.78, 5) is 0. The molecule has 3 aromatic carbocycles. The van der Waals surface area contributed by atoms with Crippen molar-refractivity contribution < 1.29 is 9.15 Å². The van der Waals surface area contributed by atoms with Gasteiger partial charge in [0.25, 0.3) is 0 Å².